The van der Waals surface area contributed by atoms with Crippen molar-refractivity contribution in [2.24, 2.45) is 13.0 Å². The molecule has 1 aliphatic carbocycles. The zero-order chi connectivity index (χ0) is 17.6. The van der Waals surface area contributed by atoms with Crippen molar-refractivity contribution in [2.45, 2.75) is 39.2 Å². The number of likely N-dealkylation sites (N-methyl/N-ethyl adjacent to an activating group) is 1. The Morgan fingerprint density at radius 1 is 1.46 bits per heavy atom. The number of nitrogens with zero attached hydrogens (tertiary/aromatic N) is 3. The quantitative estimate of drug-likeness (QED) is 0.841. The number of carbonyl (C=O) groups excluding carboxylic acids is 1. The van der Waals surface area contributed by atoms with Gasteiger partial charge in [0.05, 0.1) is 17.9 Å². The summed E-state index contributed by atoms with van der Waals surface area (Å²) in [5.74, 6) is 0.263. The number of aryl methyl sites for hydroxylation is 3. The van der Waals surface area contributed by atoms with E-state index in [0.29, 0.717) is 23.5 Å². The lowest BCUT2D eigenvalue weighted by Crippen LogP contribution is -2.36. The number of hydrogen-bond acceptors (Lipinski definition) is 4. The fourth-order valence-corrected chi connectivity index (χ4v) is 3.21. The average Bonchev–Trinajstić information content (AvgIpc) is 3.31. The average molecular weight is 332 g/mol. The van der Waals surface area contributed by atoms with Gasteiger partial charge in [-0.15, -0.1) is 0 Å². The van der Waals surface area contributed by atoms with Crippen LogP contribution >= 0.6 is 0 Å². The summed E-state index contributed by atoms with van der Waals surface area (Å²) in [4.78, 5) is 30.7. The van der Waals surface area contributed by atoms with Crippen LogP contribution in [-0.4, -0.2) is 50.4 Å². The number of aliphatic hydroxyl groups excluding tert-OH is 1. The van der Waals surface area contributed by atoms with Crippen molar-refractivity contribution >= 4 is 16.9 Å². The van der Waals surface area contributed by atoms with Crippen molar-refractivity contribution < 1.29 is 9.90 Å². The topological polar surface area (TPSA) is 91.2 Å². The highest BCUT2D eigenvalue weighted by Gasteiger charge is 2.31. The Bertz CT molecular complexity index is 848. The highest BCUT2D eigenvalue weighted by atomic mass is 16.3. The molecule has 0 aliphatic heterocycles. The van der Waals surface area contributed by atoms with Crippen LogP contribution in [0.25, 0.3) is 11.0 Å². The normalized spacial score (nSPS) is 15.7. The van der Waals surface area contributed by atoms with Crippen LogP contribution in [0.5, 0.6) is 0 Å². The standard InChI is InChI=1S/C17H24N4O3/c1-9-12(7-14(23)20(3)8-13(22)11-5-6-11)10(2)18-16-15(9)17(24)19-21(16)4/h11,13,22H,5-8H2,1-4H3,(H,19,24). The van der Waals surface area contributed by atoms with Crippen LogP contribution in [0.4, 0.5) is 0 Å². The smallest absolute Gasteiger partial charge is 0.273 e. The molecule has 24 heavy (non-hydrogen) atoms. The molecule has 7 heteroatoms. The first-order chi connectivity index (χ1) is 11.3. The summed E-state index contributed by atoms with van der Waals surface area (Å²) >= 11 is 0. The molecule has 2 heterocycles. The van der Waals surface area contributed by atoms with Crippen LogP contribution in [0.1, 0.15) is 29.7 Å². The van der Waals surface area contributed by atoms with E-state index in [-0.39, 0.29) is 17.9 Å². The molecule has 130 valence electrons. The Morgan fingerprint density at radius 3 is 2.75 bits per heavy atom. The van der Waals surface area contributed by atoms with Crippen molar-refractivity contribution in [3.8, 4) is 0 Å². The van der Waals surface area contributed by atoms with E-state index in [1.807, 2.05) is 13.8 Å². The van der Waals surface area contributed by atoms with Crippen LogP contribution in [0.3, 0.4) is 0 Å². The third-order valence-corrected chi connectivity index (χ3v) is 4.96. The lowest BCUT2D eigenvalue weighted by molar-refractivity contribution is -0.130. The Hall–Kier alpha value is -2.15. The number of rotatable bonds is 5. The van der Waals surface area contributed by atoms with Gasteiger partial charge in [-0.25, -0.2) is 4.98 Å². The second-order valence-corrected chi connectivity index (χ2v) is 6.86. The largest absolute Gasteiger partial charge is 0.391 e. The molecule has 0 spiro atoms. The molecular formula is C17H24N4O3. The first-order valence-electron chi connectivity index (χ1n) is 8.26. The van der Waals surface area contributed by atoms with Gasteiger partial charge in [-0.05, 0) is 43.7 Å². The van der Waals surface area contributed by atoms with E-state index >= 15 is 0 Å². The Kier molecular flexibility index (Phi) is 4.21. The van der Waals surface area contributed by atoms with E-state index in [9.17, 15) is 14.7 Å². The molecule has 1 unspecified atom stereocenters. The number of amides is 1. The van der Waals surface area contributed by atoms with E-state index in [1.165, 1.54) is 0 Å². The molecule has 2 aromatic rings. The first kappa shape index (κ1) is 16.7. The summed E-state index contributed by atoms with van der Waals surface area (Å²) < 4.78 is 1.60. The van der Waals surface area contributed by atoms with Gasteiger partial charge in [0.15, 0.2) is 5.65 Å². The maximum Gasteiger partial charge on any atom is 0.273 e. The molecule has 1 atom stereocenters. The van der Waals surface area contributed by atoms with Gasteiger partial charge in [0.25, 0.3) is 5.56 Å². The van der Waals surface area contributed by atoms with Gasteiger partial charge in [0, 0.05) is 26.3 Å². The number of hydrogen-bond donors (Lipinski definition) is 2. The number of aromatic amines is 1. The van der Waals surface area contributed by atoms with Gasteiger partial charge in [0.2, 0.25) is 5.91 Å². The maximum atomic E-state index is 12.5. The Balaban J connectivity index is 1.85. The molecule has 0 radical (unpaired) electrons. The van der Waals surface area contributed by atoms with Crippen molar-refractivity contribution in [3.63, 3.8) is 0 Å². The van der Waals surface area contributed by atoms with Crippen LogP contribution in [0.2, 0.25) is 0 Å². The molecular weight excluding hydrogens is 308 g/mol. The number of nitrogens with one attached hydrogen (secondary N) is 1. The van der Waals surface area contributed by atoms with Crippen LogP contribution in [0.15, 0.2) is 4.79 Å². The zero-order valence-electron chi connectivity index (χ0n) is 14.6. The van der Waals surface area contributed by atoms with Gasteiger partial charge < -0.3 is 10.0 Å². The van der Waals surface area contributed by atoms with Gasteiger partial charge in [-0.1, -0.05) is 0 Å². The zero-order valence-corrected chi connectivity index (χ0v) is 14.6. The van der Waals surface area contributed by atoms with E-state index < -0.39 is 6.10 Å². The molecule has 7 nitrogen and oxygen atoms in total. The van der Waals surface area contributed by atoms with Crippen molar-refractivity contribution in [1.82, 2.24) is 19.7 Å². The summed E-state index contributed by atoms with van der Waals surface area (Å²) in [6.45, 7) is 4.06. The monoisotopic (exact) mass is 332 g/mol. The van der Waals surface area contributed by atoms with Gasteiger partial charge >= 0.3 is 0 Å². The van der Waals surface area contributed by atoms with E-state index in [4.69, 9.17) is 0 Å². The lowest BCUT2D eigenvalue weighted by atomic mass is 10.0. The summed E-state index contributed by atoms with van der Waals surface area (Å²) in [5, 5.41) is 13.2. The predicted molar refractivity (Wildman–Crippen MR) is 90.9 cm³/mol. The molecule has 0 saturated heterocycles. The summed E-state index contributed by atoms with van der Waals surface area (Å²) in [5.41, 5.74) is 2.74. The van der Waals surface area contributed by atoms with Crippen LogP contribution in [0, 0.1) is 19.8 Å². The Labute approximate surface area is 140 Å². The summed E-state index contributed by atoms with van der Waals surface area (Å²) in [7, 11) is 3.45. The number of pyridine rings is 1. The second kappa shape index (κ2) is 6.05. The Morgan fingerprint density at radius 2 is 2.12 bits per heavy atom. The number of H-pyrrole nitrogens is 1. The molecule has 1 saturated carbocycles. The summed E-state index contributed by atoms with van der Waals surface area (Å²) in [6.07, 6.45) is 1.82. The minimum absolute atomic E-state index is 0.0746. The molecule has 1 amide bonds. The molecule has 0 bridgehead atoms. The number of aromatic nitrogens is 3. The highest BCUT2D eigenvalue weighted by Crippen LogP contribution is 2.32. The molecule has 3 rings (SSSR count). The lowest BCUT2D eigenvalue weighted by Gasteiger charge is -2.21. The fourth-order valence-electron chi connectivity index (χ4n) is 3.21. The van der Waals surface area contributed by atoms with Crippen molar-refractivity contribution in [3.05, 3.63) is 27.2 Å². The third kappa shape index (κ3) is 2.96. The van der Waals surface area contributed by atoms with Gasteiger partial charge in [-0.3, -0.25) is 19.4 Å². The van der Waals surface area contributed by atoms with Crippen molar-refractivity contribution in [2.75, 3.05) is 13.6 Å². The third-order valence-electron chi connectivity index (χ3n) is 4.96. The first-order valence-corrected chi connectivity index (χ1v) is 8.26. The van der Waals surface area contributed by atoms with E-state index in [2.05, 4.69) is 10.1 Å². The molecule has 1 aliphatic rings. The van der Waals surface area contributed by atoms with E-state index in [1.54, 1.807) is 23.7 Å². The minimum Gasteiger partial charge on any atom is -0.391 e. The molecule has 1 fully saturated rings. The molecule has 0 aromatic carbocycles. The van der Waals surface area contributed by atoms with Crippen LogP contribution in [-0.2, 0) is 18.3 Å². The summed E-state index contributed by atoms with van der Waals surface area (Å²) in [6, 6.07) is 0. The highest BCUT2D eigenvalue weighted by molar-refractivity contribution is 5.84. The van der Waals surface area contributed by atoms with Crippen molar-refractivity contribution in [1.29, 1.82) is 0 Å². The van der Waals surface area contributed by atoms with Gasteiger partial charge in [-0.2, -0.15) is 0 Å². The fraction of sp³-hybridized carbons (Fsp3) is 0.588. The minimum atomic E-state index is -0.446. The predicted octanol–water partition coefficient (Wildman–Crippen LogP) is 0.650. The molecule has 2 aromatic heterocycles. The second-order valence-electron chi connectivity index (χ2n) is 6.86. The maximum absolute atomic E-state index is 12.5. The van der Waals surface area contributed by atoms with E-state index in [0.717, 1.165) is 29.7 Å². The van der Waals surface area contributed by atoms with Crippen LogP contribution < -0.4 is 5.56 Å². The van der Waals surface area contributed by atoms with Gasteiger partial charge in [0.1, 0.15) is 0 Å². The number of aliphatic hydroxyl groups is 1. The molecule has 2 N–H and O–H groups in total. The number of carbonyl (C=O) groups is 1. The number of fused-ring (bicyclic) bond motifs is 1. The SMILES string of the molecule is Cc1nc2c(c(C)c1CC(=O)N(C)CC(O)C1CC1)c(=O)[nH]n2C.